The number of anilines is 1. The van der Waals surface area contributed by atoms with Crippen LogP contribution in [0.15, 0.2) is 24.3 Å². The molecule has 3 N–H and O–H groups in total. The molecule has 3 aliphatic carbocycles. The maximum Gasteiger partial charge on any atom is 0.255 e. The molecule has 6 rings (SSSR count). The van der Waals surface area contributed by atoms with Gasteiger partial charge in [-0.2, -0.15) is 0 Å². The van der Waals surface area contributed by atoms with E-state index in [1.807, 2.05) is 24.3 Å². The normalized spacial score (nSPS) is 36.8. The lowest BCUT2D eigenvalue weighted by molar-refractivity contribution is -0.132. The molecule has 2 heterocycles. The second kappa shape index (κ2) is 6.51. The first kappa shape index (κ1) is 17.0. The summed E-state index contributed by atoms with van der Waals surface area (Å²) < 4.78 is 5.62. The second-order valence-electron chi connectivity index (χ2n) is 8.56. The number of para-hydroxylation sites is 1. The SMILES string of the molecule is O=C1N[C@@]2(C[C@@H]3CC[C@@H]2C[C@@H]3C(=O)NC[C@@H]2CCCO2)Nc2ccccc21. The molecule has 2 aliphatic heterocycles. The maximum absolute atomic E-state index is 12.8. The van der Waals surface area contributed by atoms with Gasteiger partial charge in [0, 0.05) is 30.7 Å². The molecule has 4 fully saturated rings. The first-order chi connectivity index (χ1) is 13.1. The number of hydrogen-bond acceptors (Lipinski definition) is 4. The Balaban J connectivity index is 1.29. The van der Waals surface area contributed by atoms with Crippen molar-refractivity contribution in [2.75, 3.05) is 18.5 Å². The summed E-state index contributed by atoms with van der Waals surface area (Å²) >= 11 is 0. The highest BCUT2D eigenvalue weighted by atomic mass is 16.5. The zero-order valence-corrected chi connectivity index (χ0v) is 15.5. The Hall–Kier alpha value is -2.08. The van der Waals surface area contributed by atoms with Crippen LogP contribution >= 0.6 is 0 Å². The number of fused-ring (bicyclic) bond motifs is 3. The van der Waals surface area contributed by atoms with Crippen molar-refractivity contribution >= 4 is 17.5 Å². The van der Waals surface area contributed by atoms with Crippen LogP contribution in [0.4, 0.5) is 5.69 Å². The lowest BCUT2D eigenvalue weighted by Crippen LogP contribution is -2.68. The number of rotatable bonds is 3. The van der Waals surface area contributed by atoms with Gasteiger partial charge in [-0.1, -0.05) is 12.1 Å². The number of hydrogen-bond donors (Lipinski definition) is 3. The first-order valence-corrected chi connectivity index (χ1v) is 10.2. The summed E-state index contributed by atoms with van der Waals surface area (Å²) in [5.41, 5.74) is 1.21. The van der Waals surface area contributed by atoms with Crippen molar-refractivity contribution in [2.24, 2.45) is 17.8 Å². The van der Waals surface area contributed by atoms with Gasteiger partial charge in [0.15, 0.2) is 0 Å². The fraction of sp³-hybridized carbons (Fsp3) is 0.619. The Morgan fingerprint density at radius 2 is 2.11 bits per heavy atom. The lowest BCUT2D eigenvalue weighted by Gasteiger charge is -2.56. The number of carbonyl (C=O) groups is 2. The Kier molecular flexibility index (Phi) is 4.11. The fourth-order valence-electron chi connectivity index (χ4n) is 5.62. The van der Waals surface area contributed by atoms with Gasteiger partial charge < -0.3 is 20.7 Å². The quantitative estimate of drug-likeness (QED) is 0.764. The van der Waals surface area contributed by atoms with Crippen LogP contribution in [0, 0.1) is 17.8 Å². The van der Waals surface area contributed by atoms with E-state index >= 15 is 0 Å². The summed E-state index contributed by atoms with van der Waals surface area (Å²) in [6.07, 6.45) is 6.06. The van der Waals surface area contributed by atoms with Crippen molar-refractivity contribution in [1.82, 2.24) is 10.6 Å². The van der Waals surface area contributed by atoms with Crippen molar-refractivity contribution in [1.29, 1.82) is 0 Å². The summed E-state index contributed by atoms with van der Waals surface area (Å²) in [7, 11) is 0. The topological polar surface area (TPSA) is 79.5 Å². The molecule has 144 valence electrons. The molecule has 1 aromatic rings. The zero-order chi connectivity index (χ0) is 18.4. The van der Waals surface area contributed by atoms with Crippen LogP contribution in [0.1, 0.15) is 48.9 Å². The molecular formula is C21H27N3O3. The van der Waals surface area contributed by atoms with Gasteiger partial charge >= 0.3 is 0 Å². The third-order valence-electron chi connectivity index (χ3n) is 7.01. The van der Waals surface area contributed by atoms with Gasteiger partial charge in [0.25, 0.3) is 5.91 Å². The summed E-state index contributed by atoms with van der Waals surface area (Å²) in [6, 6.07) is 7.68. The summed E-state index contributed by atoms with van der Waals surface area (Å²) in [4.78, 5) is 25.5. The molecule has 0 unspecified atom stereocenters. The number of carbonyl (C=O) groups excluding carboxylic acids is 2. The number of amides is 2. The van der Waals surface area contributed by atoms with Gasteiger partial charge in [0.05, 0.1) is 11.7 Å². The highest BCUT2D eigenvalue weighted by molar-refractivity contribution is 6.02. The van der Waals surface area contributed by atoms with E-state index < -0.39 is 5.66 Å². The first-order valence-electron chi connectivity index (χ1n) is 10.2. The fourth-order valence-corrected chi connectivity index (χ4v) is 5.62. The van der Waals surface area contributed by atoms with E-state index in [2.05, 4.69) is 16.0 Å². The average Bonchev–Trinajstić information content (AvgIpc) is 3.20. The van der Waals surface area contributed by atoms with E-state index in [0.717, 1.165) is 50.8 Å². The smallest absolute Gasteiger partial charge is 0.255 e. The summed E-state index contributed by atoms with van der Waals surface area (Å²) in [5.74, 6) is 0.788. The van der Waals surface area contributed by atoms with Crippen LogP contribution in [-0.4, -0.2) is 36.7 Å². The minimum atomic E-state index is -0.403. The predicted octanol–water partition coefficient (Wildman–Crippen LogP) is 2.27. The van der Waals surface area contributed by atoms with Crippen molar-refractivity contribution in [3.8, 4) is 0 Å². The van der Waals surface area contributed by atoms with Gasteiger partial charge in [0.1, 0.15) is 5.66 Å². The van der Waals surface area contributed by atoms with Crippen LogP contribution in [0.3, 0.4) is 0 Å². The summed E-state index contributed by atoms with van der Waals surface area (Å²) in [5, 5.41) is 10.0. The monoisotopic (exact) mass is 369 g/mol. The van der Waals surface area contributed by atoms with Crippen molar-refractivity contribution in [3.05, 3.63) is 29.8 Å². The van der Waals surface area contributed by atoms with Crippen LogP contribution < -0.4 is 16.0 Å². The molecule has 6 nitrogen and oxygen atoms in total. The minimum absolute atomic E-state index is 0.00344. The average molecular weight is 369 g/mol. The van der Waals surface area contributed by atoms with Gasteiger partial charge in [0.2, 0.25) is 5.91 Å². The van der Waals surface area contributed by atoms with Gasteiger partial charge in [-0.3, -0.25) is 9.59 Å². The molecule has 6 heteroatoms. The molecule has 5 atom stereocenters. The van der Waals surface area contributed by atoms with Gasteiger partial charge in [-0.15, -0.1) is 0 Å². The van der Waals surface area contributed by atoms with E-state index in [-0.39, 0.29) is 29.8 Å². The van der Waals surface area contributed by atoms with E-state index in [9.17, 15) is 9.59 Å². The number of ether oxygens (including phenoxy) is 1. The highest BCUT2D eigenvalue weighted by Crippen LogP contribution is 2.51. The molecule has 1 aromatic carbocycles. The molecule has 27 heavy (non-hydrogen) atoms. The van der Waals surface area contributed by atoms with Crippen molar-refractivity contribution < 1.29 is 14.3 Å². The number of nitrogens with one attached hydrogen (secondary N) is 3. The molecule has 3 saturated carbocycles. The zero-order valence-electron chi connectivity index (χ0n) is 15.5. The maximum atomic E-state index is 12.8. The Bertz CT molecular complexity index is 761. The molecule has 0 radical (unpaired) electrons. The predicted molar refractivity (Wildman–Crippen MR) is 101 cm³/mol. The van der Waals surface area contributed by atoms with Gasteiger partial charge in [-0.25, -0.2) is 0 Å². The molecule has 1 saturated heterocycles. The summed E-state index contributed by atoms with van der Waals surface area (Å²) in [6.45, 7) is 1.43. The highest BCUT2D eigenvalue weighted by Gasteiger charge is 2.55. The Morgan fingerprint density at radius 3 is 2.89 bits per heavy atom. The lowest BCUT2D eigenvalue weighted by atomic mass is 9.58. The van der Waals surface area contributed by atoms with E-state index in [1.165, 1.54) is 0 Å². The van der Waals surface area contributed by atoms with E-state index in [0.29, 0.717) is 18.0 Å². The third kappa shape index (κ3) is 2.90. The van der Waals surface area contributed by atoms with E-state index in [4.69, 9.17) is 4.74 Å². The van der Waals surface area contributed by atoms with Gasteiger partial charge in [-0.05, 0) is 56.6 Å². The van der Waals surface area contributed by atoms with Crippen LogP contribution in [0.2, 0.25) is 0 Å². The molecule has 2 bridgehead atoms. The van der Waals surface area contributed by atoms with E-state index in [1.54, 1.807) is 0 Å². The molecular weight excluding hydrogens is 342 g/mol. The molecule has 5 aliphatic rings. The number of benzene rings is 1. The standard InChI is InChI=1S/C21H27N3O3/c25-19(22-12-15-4-3-9-27-15)17-10-14-8-7-13(17)11-21(14)23-18-6-2-1-5-16(18)20(26)24-21/h1-2,5-6,13-15,17,23H,3-4,7-12H2,(H,22,25)(H,24,26)/t13-,14+,15-,17-,21+/m0/s1. The molecule has 1 spiro atoms. The minimum Gasteiger partial charge on any atom is -0.376 e. The van der Waals surface area contributed by atoms with Crippen LogP contribution in [0.5, 0.6) is 0 Å². The van der Waals surface area contributed by atoms with Crippen molar-refractivity contribution in [2.45, 2.75) is 50.3 Å². The third-order valence-corrected chi connectivity index (χ3v) is 7.01. The molecule has 0 aromatic heterocycles. The molecule has 2 amide bonds. The Labute approximate surface area is 159 Å². The van der Waals surface area contributed by atoms with Crippen LogP contribution in [-0.2, 0) is 9.53 Å². The second-order valence-corrected chi connectivity index (χ2v) is 8.56. The Morgan fingerprint density at radius 1 is 1.22 bits per heavy atom. The van der Waals surface area contributed by atoms with Crippen molar-refractivity contribution in [3.63, 3.8) is 0 Å². The largest absolute Gasteiger partial charge is 0.376 e. The van der Waals surface area contributed by atoms with Crippen LogP contribution in [0.25, 0.3) is 0 Å².